The summed E-state index contributed by atoms with van der Waals surface area (Å²) >= 11 is 7.80. The smallest absolute Gasteiger partial charge is 0.276 e. The van der Waals surface area contributed by atoms with E-state index in [1.165, 1.54) is 0 Å². The Hall–Kier alpha value is -2.31. The number of carbonyl (C=O) groups excluding carboxylic acids is 1. The number of thiophene rings is 1. The van der Waals surface area contributed by atoms with Gasteiger partial charge in [0.1, 0.15) is 0 Å². The van der Waals surface area contributed by atoms with E-state index in [4.69, 9.17) is 11.6 Å². The lowest BCUT2D eigenvalue weighted by molar-refractivity contribution is 0.102. The molecule has 0 radical (unpaired) electrons. The largest absolute Gasteiger partial charge is 0.376 e. The van der Waals surface area contributed by atoms with Crippen LogP contribution in [0.1, 0.15) is 10.5 Å². The van der Waals surface area contributed by atoms with Crippen molar-refractivity contribution in [2.45, 2.75) is 0 Å². The summed E-state index contributed by atoms with van der Waals surface area (Å²) in [5.41, 5.74) is 2.68. The van der Waals surface area contributed by atoms with Crippen molar-refractivity contribution < 1.29 is 4.79 Å². The summed E-state index contributed by atoms with van der Waals surface area (Å²) in [6.45, 7) is 0. The average molecular weight is 347 g/mol. The maximum absolute atomic E-state index is 12.3. The number of hydrogen-bond donors (Lipinski definition) is 2. The highest BCUT2D eigenvalue weighted by atomic mass is 35.5. The molecule has 0 unspecified atom stereocenters. The van der Waals surface area contributed by atoms with Crippen molar-refractivity contribution in [2.24, 2.45) is 0 Å². The number of aromatic amines is 1. The van der Waals surface area contributed by atoms with Gasteiger partial charge in [0, 0.05) is 19.8 Å². The van der Waals surface area contributed by atoms with Gasteiger partial charge in [-0.2, -0.15) is 5.10 Å². The van der Waals surface area contributed by atoms with Crippen molar-refractivity contribution in [1.29, 1.82) is 0 Å². The molecule has 1 aromatic carbocycles. The zero-order chi connectivity index (χ0) is 16.4. The molecule has 0 spiro atoms. The standard InChI is InChI=1S/C16H15ClN4OS/c1-21(2)14-6-5-10(8-11(14)17)18-16(22)13-9-12(19-20-13)15-4-3-7-23-15/h3-9H,1-2H3,(H,18,22)(H,19,20). The highest BCUT2D eigenvalue weighted by Gasteiger charge is 2.13. The molecule has 2 N–H and O–H groups in total. The number of carbonyl (C=O) groups is 1. The Bertz CT molecular complexity index is 826. The summed E-state index contributed by atoms with van der Waals surface area (Å²) in [5.74, 6) is -0.280. The van der Waals surface area contributed by atoms with Gasteiger partial charge in [0.05, 0.1) is 21.3 Å². The van der Waals surface area contributed by atoms with E-state index in [0.717, 1.165) is 16.3 Å². The van der Waals surface area contributed by atoms with E-state index in [1.54, 1.807) is 23.5 Å². The predicted octanol–water partition coefficient (Wildman–Crippen LogP) is 4.11. The highest BCUT2D eigenvalue weighted by Crippen LogP contribution is 2.28. The number of nitrogens with one attached hydrogen (secondary N) is 2. The topological polar surface area (TPSA) is 61.0 Å². The van der Waals surface area contributed by atoms with Crippen molar-refractivity contribution in [3.05, 3.63) is 52.5 Å². The Morgan fingerprint density at radius 2 is 2.13 bits per heavy atom. The van der Waals surface area contributed by atoms with Crippen LogP contribution in [-0.4, -0.2) is 30.2 Å². The van der Waals surface area contributed by atoms with Crippen LogP contribution in [0.25, 0.3) is 10.6 Å². The molecule has 118 valence electrons. The van der Waals surface area contributed by atoms with Crippen molar-refractivity contribution in [3.8, 4) is 10.6 Å². The van der Waals surface area contributed by atoms with Crippen molar-refractivity contribution in [3.63, 3.8) is 0 Å². The number of aromatic nitrogens is 2. The molecule has 3 rings (SSSR count). The highest BCUT2D eigenvalue weighted by molar-refractivity contribution is 7.13. The lowest BCUT2D eigenvalue weighted by Crippen LogP contribution is -2.13. The van der Waals surface area contributed by atoms with Gasteiger partial charge in [-0.15, -0.1) is 11.3 Å². The van der Waals surface area contributed by atoms with Gasteiger partial charge in [-0.05, 0) is 35.7 Å². The maximum Gasteiger partial charge on any atom is 0.276 e. The SMILES string of the molecule is CN(C)c1ccc(NC(=O)c2cc(-c3cccs3)[nH]n2)cc1Cl. The quantitative estimate of drug-likeness (QED) is 0.747. The molecule has 3 aromatic rings. The van der Waals surface area contributed by atoms with Crippen LogP contribution < -0.4 is 10.2 Å². The van der Waals surface area contributed by atoms with E-state index < -0.39 is 0 Å². The van der Waals surface area contributed by atoms with Gasteiger partial charge in [0.2, 0.25) is 0 Å². The van der Waals surface area contributed by atoms with Crippen LogP contribution in [0, 0.1) is 0 Å². The molecule has 5 nitrogen and oxygen atoms in total. The first kappa shape index (κ1) is 15.6. The van der Waals surface area contributed by atoms with E-state index in [-0.39, 0.29) is 5.91 Å². The molecular formula is C16H15ClN4OS. The predicted molar refractivity (Wildman–Crippen MR) is 95.6 cm³/mol. The molecule has 0 aliphatic carbocycles. The van der Waals surface area contributed by atoms with Crippen LogP contribution in [0.2, 0.25) is 5.02 Å². The van der Waals surface area contributed by atoms with Crippen molar-refractivity contribution in [1.82, 2.24) is 10.2 Å². The minimum atomic E-state index is -0.280. The Labute approximate surface area is 142 Å². The van der Waals surface area contributed by atoms with Crippen LogP contribution in [0.5, 0.6) is 0 Å². The fourth-order valence-electron chi connectivity index (χ4n) is 2.14. The number of rotatable bonds is 4. The minimum absolute atomic E-state index is 0.280. The lowest BCUT2D eigenvalue weighted by Gasteiger charge is -2.15. The Morgan fingerprint density at radius 3 is 2.78 bits per heavy atom. The van der Waals surface area contributed by atoms with Gasteiger partial charge in [-0.25, -0.2) is 0 Å². The molecule has 2 aromatic heterocycles. The maximum atomic E-state index is 12.3. The van der Waals surface area contributed by atoms with E-state index in [2.05, 4.69) is 15.5 Å². The summed E-state index contributed by atoms with van der Waals surface area (Å²) in [4.78, 5) is 15.2. The average Bonchev–Trinajstić information content (AvgIpc) is 3.18. The van der Waals surface area contributed by atoms with Gasteiger partial charge in [0.25, 0.3) is 5.91 Å². The molecule has 0 fully saturated rings. The van der Waals surface area contributed by atoms with Gasteiger partial charge in [-0.3, -0.25) is 9.89 Å². The van der Waals surface area contributed by atoms with E-state index >= 15 is 0 Å². The normalized spacial score (nSPS) is 10.6. The first-order valence-electron chi connectivity index (χ1n) is 6.92. The van der Waals surface area contributed by atoms with Crippen LogP contribution in [-0.2, 0) is 0 Å². The molecule has 1 amide bonds. The van der Waals surface area contributed by atoms with Crippen LogP contribution >= 0.6 is 22.9 Å². The van der Waals surface area contributed by atoms with Crippen molar-refractivity contribution >= 4 is 40.2 Å². The number of halogens is 1. The second-order valence-electron chi connectivity index (χ2n) is 5.16. The molecule has 0 saturated heterocycles. The van der Waals surface area contributed by atoms with Gasteiger partial charge < -0.3 is 10.2 Å². The number of amides is 1. The molecule has 7 heteroatoms. The summed E-state index contributed by atoms with van der Waals surface area (Å²) in [5, 5.41) is 12.3. The Morgan fingerprint density at radius 1 is 1.30 bits per heavy atom. The lowest BCUT2D eigenvalue weighted by atomic mass is 10.2. The third-order valence-corrected chi connectivity index (χ3v) is 4.49. The molecule has 0 atom stereocenters. The van der Waals surface area contributed by atoms with Crippen LogP contribution in [0.15, 0.2) is 41.8 Å². The number of hydrogen-bond acceptors (Lipinski definition) is 4. The fourth-order valence-corrected chi connectivity index (χ4v) is 3.18. The molecule has 0 aliphatic heterocycles. The van der Waals surface area contributed by atoms with Gasteiger partial charge in [-0.1, -0.05) is 17.7 Å². The van der Waals surface area contributed by atoms with E-state index in [9.17, 15) is 4.79 Å². The van der Waals surface area contributed by atoms with E-state index in [1.807, 2.05) is 48.6 Å². The van der Waals surface area contributed by atoms with Crippen LogP contribution in [0.4, 0.5) is 11.4 Å². The molecular weight excluding hydrogens is 332 g/mol. The summed E-state index contributed by atoms with van der Waals surface area (Å²) in [6.07, 6.45) is 0. The van der Waals surface area contributed by atoms with Gasteiger partial charge in [0.15, 0.2) is 5.69 Å². The van der Waals surface area contributed by atoms with Crippen molar-refractivity contribution in [2.75, 3.05) is 24.3 Å². The second kappa shape index (κ2) is 6.44. The molecule has 23 heavy (non-hydrogen) atoms. The number of anilines is 2. The first-order chi connectivity index (χ1) is 11.0. The fraction of sp³-hybridized carbons (Fsp3) is 0.125. The molecule has 0 bridgehead atoms. The first-order valence-corrected chi connectivity index (χ1v) is 8.18. The summed E-state index contributed by atoms with van der Waals surface area (Å²) in [7, 11) is 3.82. The monoisotopic (exact) mass is 346 g/mol. The Balaban J connectivity index is 1.76. The zero-order valence-electron chi connectivity index (χ0n) is 12.6. The van der Waals surface area contributed by atoms with E-state index in [0.29, 0.717) is 16.4 Å². The number of nitrogens with zero attached hydrogens (tertiary/aromatic N) is 2. The second-order valence-corrected chi connectivity index (χ2v) is 6.51. The van der Waals surface area contributed by atoms with Gasteiger partial charge >= 0.3 is 0 Å². The molecule has 0 aliphatic rings. The third kappa shape index (κ3) is 3.38. The number of H-pyrrole nitrogens is 1. The number of benzene rings is 1. The zero-order valence-corrected chi connectivity index (χ0v) is 14.2. The third-order valence-electron chi connectivity index (χ3n) is 3.28. The Kier molecular flexibility index (Phi) is 4.36. The summed E-state index contributed by atoms with van der Waals surface area (Å²) in [6, 6.07) is 11.1. The summed E-state index contributed by atoms with van der Waals surface area (Å²) < 4.78 is 0. The minimum Gasteiger partial charge on any atom is -0.376 e. The van der Waals surface area contributed by atoms with Crippen LogP contribution in [0.3, 0.4) is 0 Å². The molecule has 0 saturated carbocycles. The molecule has 2 heterocycles.